The van der Waals surface area contributed by atoms with Crippen molar-refractivity contribution in [2.45, 2.75) is 13.0 Å². The summed E-state index contributed by atoms with van der Waals surface area (Å²) in [6, 6.07) is 31.4. The molecule has 7 nitrogen and oxygen atoms in total. The number of carbonyl (C=O) groups excluding carboxylic acids is 2. The minimum Gasteiger partial charge on any atom is -0.379 e. The number of aromatic nitrogens is 2. The Labute approximate surface area is 259 Å². The number of morpholine rings is 1. The number of benzene rings is 5. The van der Waals surface area contributed by atoms with Crippen LogP contribution < -0.4 is 0 Å². The van der Waals surface area contributed by atoms with E-state index in [0.717, 1.165) is 69.7 Å². The number of nitrogens with one attached hydrogen (secondary N) is 1. The molecule has 1 saturated heterocycles. The maximum absolute atomic E-state index is 14.4. The molecule has 7 heteroatoms. The van der Waals surface area contributed by atoms with E-state index in [1.54, 1.807) is 0 Å². The molecule has 0 bridgehead atoms. The van der Waals surface area contributed by atoms with E-state index in [-0.39, 0.29) is 11.8 Å². The first-order chi connectivity index (χ1) is 22.2. The van der Waals surface area contributed by atoms with Crippen molar-refractivity contribution in [3.63, 3.8) is 0 Å². The summed E-state index contributed by atoms with van der Waals surface area (Å²) >= 11 is 0. The Balaban J connectivity index is 1.27. The third-order valence-electron chi connectivity index (χ3n) is 9.81. The summed E-state index contributed by atoms with van der Waals surface area (Å²) in [4.78, 5) is 36.1. The fourth-order valence-corrected chi connectivity index (χ4v) is 7.68. The first-order valence-corrected chi connectivity index (χ1v) is 15.8. The Bertz CT molecular complexity index is 2320. The van der Waals surface area contributed by atoms with E-state index in [2.05, 4.69) is 81.2 Å². The van der Waals surface area contributed by atoms with E-state index in [0.29, 0.717) is 37.4 Å². The summed E-state index contributed by atoms with van der Waals surface area (Å²) < 4.78 is 7.87. The van der Waals surface area contributed by atoms with Gasteiger partial charge in [0.25, 0.3) is 11.8 Å². The van der Waals surface area contributed by atoms with Crippen molar-refractivity contribution in [1.82, 2.24) is 19.4 Å². The van der Waals surface area contributed by atoms with Gasteiger partial charge in [-0.2, -0.15) is 0 Å². The number of nitrogens with zero attached hydrogens (tertiary/aromatic N) is 3. The molecular formula is C38H32N4O3. The van der Waals surface area contributed by atoms with Gasteiger partial charge in [0.05, 0.1) is 35.4 Å². The number of hydrogen-bond donors (Lipinski definition) is 1. The molecule has 7 aromatic rings. The number of carbonyl (C=O) groups is 2. The molecule has 0 unspecified atom stereocenters. The standard InChI is InChI=1S/C38H32N4O3/c43-37-33-31-27-12-3-5-14-29(27)39-35(31)36-32(34(33)38(44)42(37)19-18-40-20-22-45-23-21-40)28-13-4-6-15-30(28)41(36)17-16-25-10-7-9-24-8-1-2-11-26(24)25/h1-15,39H,16-23H2. The highest BCUT2D eigenvalue weighted by atomic mass is 16.5. The van der Waals surface area contributed by atoms with E-state index in [1.165, 1.54) is 21.2 Å². The molecule has 1 N–H and O–H groups in total. The lowest BCUT2D eigenvalue weighted by atomic mass is 9.96. The number of hydrogen-bond acceptors (Lipinski definition) is 4. The Morgan fingerprint density at radius 3 is 2.20 bits per heavy atom. The fraction of sp³-hybridized carbons (Fsp3) is 0.211. The molecule has 0 spiro atoms. The van der Waals surface area contributed by atoms with Gasteiger partial charge in [-0.05, 0) is 34.9 Å². The lowest BCUT2D eigenvalue weighted by Gasteiger charge is -2.27. The Morgan fingerprint density at radius 1 is 0.667 bits per heavy atom. The first-order valence-electron chi connectivity index (χ1n) is 15.8. The minimum atomic E-state index is -0.201. The quantitative estimate of drug-likeness (QED) is 0.217. The third-order valence-corrected chi connectivity index (χ3v) is 9.81. The molecule has 45 heavy (non-hydrogen) atoms. The van der Waals surface area contributed by atoms with Crippen LogP contribution in [0.4, 0.5) is 0 Å². The molecule has 0 radical (unpaired) electrons. The predicted octanol–water partition coefficient (Wildman–Crippen LogP) is 6.75. The van der Waals surface area contributed by atoms with Gasteiger partial charge in [-0.15, -0.1) is 0 Å². The van der Waals surface area contributed by atoms with Crippen LogP contribution >= 0.6 is 0 Å². The van der Waals surface area contributed by atoms with Gasteiger partial charge >= 0.3 is 0 Å². The SMILES string of the molecule is O=C1c2c(c3c4ccccc4n(CCc4cccc5ccccc45)c3c3[nH]c4ccccc4c23)C(=O)N1CCN1CCOCC1. The monoisotopic (exact) mass is 592 g/mol. The highest BCUT2D eigenvalue weighted by Crippen LogP contribution is 2.45. The molecule has 0 saturated carbocycles. The van der Waals surface area contributed by atoms with Crippen LogP contribution in [0, 0.1) is 0 Å². The van der Waals surface area contributed by atoms with Gasteiger partial charge in [-0.1, -0.05) is 78.9 Å². The van der Waals surface area contributed by atoms with E-state index >= 15 is 0 Å². The number of rotatable bonds is 6. The molecular weight excluding hydrogens is 560 g/mol. The van der Waals surface area contributed by atoms with Gasteiger partial charge in [-0.25, -0.2) is 0 Å². The van der Waals surface area contributed by atoms with Crippen molar-refractivity contribution < 1.29 is 14.3 Å². The van der Waals surface area contributed by atoms with Crippen LogP contribution in [-0.2, 0) is 17.7 Å². The van der Waals surface area contributed by atoms with Gasteiger partial charge in [0.15, 0.2) is 0 Å². The molecule has 9 rings (SSSR count). The summed E-state index contributed by atoms with van der Waals surface area (Å²) in [7, 11) is 0. The van der Waals surface area contributed by atoms with Crippen molar-refractivity contribution >= 4 is 66.2 Å². The topological polar surface area (TPSA) is 70.6 Å². The lowest BCUT2D eigenvalue weighted by molar-refractivity contribution is 0.0325. The molecule has 2 aliphatic heterocycles. The molecule has 2 aliphatic rings. The van der Waals surface area contributed by atoms with Crippen LogP contribution in [0.1, 0.15) is 26.3 Å². The zero-order valence-corrected chi connectivity index (χ0v) is 24.9. The second kappa shape index (κ2) is 10.3. The van der Waals surface area contributed by atoms with E-state index in [9.17, 15) is 9.59 Å². The zero-order chi connectivity index (χ0) is 30.1. The van der Waals surface area contributed by atoms with Crippen LogP contribution in [-0.4, -0.2) is 70.6 Å². The van der Waals surface area contributed by atoms with Gasteiger partial charge in [0.1, 0.15) is 0 Å². The van der Waals surface area contributed by atoms with Crippen LogP contribution in [0.2, 0.25) is 0 Å². The molecule has 5 aromatic carbocycles. The number of aromatic amines is 1. The number of fused-ring (bicyclic) bond motifs is 11. The largest absolute Gasteiger partial charge is 0.379 e. The maximum atomic E-state index is 14.4. The number of imide groups is 1. The van der Waals surface area contributed by atoms with Gasteiger partial charge < -0.3 is 14.3 Å². The lowest BCUT2D eigenvalue weighted by Crippen LogP contribution is -2.42. The van der Waals surface area contributed by atoms with E-state index in [4.69, 9.17) is 4.74 Å². The van der Waals surface area contributed by atoms with E-state index < -0.39 is 0 Å². The summed E-state index contributed by atoms with van der Waals surface area (Å²) in [5.74, 6) is -0.398. The summed E-state index contributed by atoms with van der Waals surface area (Å²) in [6.45, 7) is 4.70. The average Bonchev–Trinajstić information content (AvgIpc) is 3.70. The third kappa shape index (κ3) is 3.97. The molecule has 2 amide bonds. The van der Waals surface area contributed by atoms with Crippen LogP contribution in [0.25, 0.3) is 54.4 Å². The zero-order valence-electron chi connectivity index (χ0n) is 24.9. The summed E-state index contributed by atoms with van der Waals surface area (Å²) in [6.07, 6.45) is 0.826. The van der Waals surface area contributed by atoms with Crippen LogP contribution in [0.15, 0.2) is 91.0 Å². The summed E-state index contributed by atoms with van der Waals surface area (Å²) in [5, 5.41) is 6.16. The first kappa shape index (κ1) is 26.4. The highest BCUT2D eigenvalue weighted by molar-refractivity contribution is 6.39. The van der Waals surface area contributed by atoms with E-state index in [1.807, 2.05) is 24.3 Å². The molecule has 1 fully saturated rings. The fourth-order valence-electron chi connectivity index (χ4n) is 7.68. The van der Waals surface area contributed by atoms with Gasteiger partial charge in [-0.3, -0.25) is 19.4 Å². The summed E-state index contributed by atoms with van der Waals surface area (Å²) in [5.41, 5.74) is 6.27. The number of para-hydroxylation sites is 2. The number of amides is 2. The van der Waals surface area contributed by atoms with Crippen LogP contribution in [0.3, 0.4) is 0 Å². The van der Waals surface area contributed by atoms with Crippen LogP contribution in [0.5, 0.6) is 0 Å². The van der Waals surface area contributed by atoms with Crippen molar-refractivity contribution in [3.05, 3.63) is 108 Å². The smallest absolute Gasteiger partial charge is 0.262 e. The highest BCUT2D eigenvalue weighted by Gasteiger charge is 2.41. The number of aryl methyl sites for hydroxylation is 2. The Kier molecular flexibility index (Phi) is 6.05. The Morgan fingerprint density at radius 2 is 1.36 bits per heavy atom. The Hall–Kier alpha value is -4.98. The van der Waals surface area contributed by atoms with Gasteiger partial charge in [0.2, 0.25) is 0 Å². The normalized spacial score (nSPS) is 15.9. The molecule has 0 aliphatic carbocycles. The van der Waals surface area contributed by atoms with Crippen molar-refractivity contribution in [2.24, 2.45) is 0 Å². The number of H-pyrrole nitrogens is 1. The maximum Gasteiger partial charge on any atom is 0.262 e. The van der Waals surface area contributed by atoms with Crippen molar-refractivity contribution in [1.29, 1.82) is 0 Å². The van der Waals surface area contributed by atoms with Crippen molar-refractivity contribution in [2.75, 3.05) is 39.4 Å². The second-order valence-electron chi connectivity index (χ2n) is 12.2. The molecule has 0 atom stereocenters. The number of ether oxygens (including phenoxy) is 1. The predicted molar refractivity (Wildman–Crippen MR) is 179 cm³/mol. The molecule has 2 aromatic heterocycles. The minimum absolute atomic E-state index is 0.197. The average molecular weight is 593 g/mol. The molecule has 4 heterocycles. The van der Waals surface area contributed by atoms with Crippen molar-refractivity contribution in [3.8, 4) is 0 Å². The molecule has 222 valence electrons. The van der Waals surface area contributed by atoms with Gasteiger partial charge in [0, 0.05) is 65.3 Å². The second-order valence-corrected chi connectivity index (χ2v) is 12.2.